The van der Waals surface area contributed by atoms with Crippen LogP contribution in [0, 0.1) is 11.3 Å². The molecule has 0 aromatic carbocycles. The molecule has 1 heterocycles. The van der Waals surface area contributed by atoms with Crippen LogP contribution in [0.3, 0.4) is 0 Å². The second-order valence-electron chi connectivity index (χ2n) is 5.76. The Morgan fingerprint density at radius 2 is 2.22 bits per heavy atom. The van der Waals surface area contributed by atoms with E-state index in [0.29, 0.717) is 19.6 Å². The molecule has 0 aliphatic carbocycles. The van der Waals surface area contributed by atoms with Crippen LogP contribution < -0.4 is 11.1 Å². The van der Waals surface area contributed by atoms with Gasteiger partial charge in [0, 0.05) is 25.5 Å². The second-order valence-corrected chi connectivity index (χ2v) is 5.76. The van der Waals surface area contributed by atoms with Crippen molar-refractivity contribution in [3.05, 3.63) is 18.5 Å². The molecule has 5 heteroatoms. The largest absolute Gasteiger partial charge is 0.354 e. The minimum absolute atomic E-state index is 0.0413. The zero-order chi connectivity index (χ0) is 13.6. The predicted molar refractivity (Wildman–Crippen MR) is 71.9 cm³/mol. The molecule has 5 nitrogen and oxygen atoms in total. The summed E-state index contributed by atoms with van der Waals surface area (Å²) in [4.78, 5) is 12.0. The number of hydrogen-bond acceptors (Lipinski definition) is 3. The number of aromatic nitrogens is 2. The molecule has 18 heavy (non-hydrogen) atoms. The van der Waals surface area contributed by atoms with Crippen molar-refractivity contribution in [1.82, 2.24) is 15.1 Å². The van der Waals surface area contributed by atoms with Gasteiger partial charge in [-0.15, -0.1) is 0 Å². The highest BCUT2D eigenvalue weighted by molar-refractivity contribution is 5.78. The summed E-state index contributed by atoms with van der Waals surface area (Å²) in [5, 5.41) is 6.99. The molecule has 1 aromatic heterocycles. The number of nitrogens with zero attached hydrogens (tertiary/aromatic N) is 2. The molecule has 0 radical (unpaired) electrons. The first-order valence-corrected chi connectivity index (χ1v) is 6.37. The van der Waals surface area contributed by atoms with E-state index in [1.165, 1.54) is 0 Å². The van der Waals surface area contributed by atoms with Crippen molar-refractivity contribution in [3.63, 3.8) is 0 Å². The van der Waals surface area contributed by atoms with Gasteiger partial charge in [0.2, 0.25) is 5.91 Å². The van der Waals surface area contributed by atoms with Crippen LogP contribution in [0.15, 0.2) is 18.5 Å². The summed E-state index contributed by atoms with van der Waals surface area (Å²) in [5.74, 6) is -0.0674. The summed E-state index contributed by atoms with van der Waals surface area (Å²) in [6.07, 6.45) is 4.41. The Morgan fingerprint density at radius 1 is 1.50 bits per heavy atom. The molecule has 0 spiro atoms. The maximum Gasteiger partial charge on any atom is 0.224 e. The fourth-order valence-corrected chi connectivity index (χ4v) is 1.89. The van der Waals surface area contributed by atoms with Crippen molar-refractivity contribution in [1.29, 1.82) is 0 Å². The zero-order valence-electron chi connectivity index (χ0n) is 11.5. The third-order valence-electron chi connectivity index (χ3n) is 2.71. The van der Waals surface area contributed by atoms with Gasteiger partial charge in [0.15, 0.2) is 0 Å². The summed E-state index contributed by atoms with van der Waals surface area (Å²) >= 11 is 0. The fraction of sp³-hybridized carbons (Fsp3) is 0.692. The van der Waals surface area contributed by atoms with Crippen LogP contribution in [-0.4, -0.2) is 28.8 Å². The fourth-order valence-electron chi connectivity index (χ4n) is 1.89. The van der Waals surface area contributed by atoms with Gasteiger partial charge >= 0.3 is 0 Å². The van der Waals surface area contributed by atoms with E-state index in [2.05, 4.69) is 31.2 Å². The number of nitrogens with one attached hydrogen (secondary N) is 1. The molecule has 0 saturated carbocycles. The molecular formula is C13H24N4O. The highest BCUT2D eigenvalue weighted by atomic mass is 16.1. The van der Waals surface area contributed by atoms with E-state index in [9.17, 15) is 4.79 Å². The van der Waals surface area contributed by atoms with Crippen molar-refractivity contribution >= 4 is 5.91 Å². The average molecular weight is 252 g/mol. The van der Waals surface area contributed by atoms with Crippen LogP contribution in [-0.2, 0) is 11.3 Å². The highest BCUT2D eigenvalue weighted by Crippen LogP contribution is 2.23. The van der Waals surface area contributed by atoms with Crippen molar-refractivity contribution in [3.8, 4) is 0 Å². The van der Waals surface area contributed by atoms with Crippen LogP contribution in [0.1, 0.15) is 27.2 Å². The van der Waals surface area contributed by atoms with Crippen LogP contribution in [0.2, 0.25) is 0 Å². The van der Waals surface area contributed by atoms with Crippen LogP contribution in [0.25, 0.3) is 0 Å². The van der Waals surface area contributed by atoms with Gasteiger partial charge in [-0.05, 0) is 17.9 Å². The molecule has 0 fully saturated rings. The molecule has 1 amide bonds. The van der Waals surface area contributed by atoms with Gasteiger partial charge in [-0.1, -0.05) is 20.8 Å². The normalized spacial score (nSPS) is 13.3. The van der Waals surface area contributed by atoms with E-state index in [1.807, 2.05) is 12.3 Å². The van der Waals surface area contributed by atoms with Crippen LogP contribution >= 0.6 is 0 Å². The second kappa shape index (κ2) is 6.54. The van der Waals surface area contributed by atoms with Crippen molar-refractivity contribution < 1.29 is 4.79 Å². The minimum atomic E-state index is -0.109. The number of hydrogen-bond donors (Lipinski definition) is 2. The van der Waals surface area contributed by atoms with Gasteiger partial charge in [-0.25, -0.2) is 0 Å². The summed E-state index contributed by atoms with van der Waals surface area (Å²) in [6, 6.07) is 1.87. The number of rotatable bonds is 6. The van der Waals surface area contributed by atoms with E-state index in [0.717, 1.165) is 6.42 Å². The van der Waals surface area contributed by atoms with Crippen LogP contribution in [0.4, 0.5) is 0 Å². The molecule has 1 rings (SSSR count). The van der Waals surface area contributed by atoms with Crippen LogP contribution in [0.5, 0.6) is 0 Å². The zero-order valence-corrected chi connectivity index (χ0v) is 11.5. The Kier molecular flexibility index (Phi) is 5.34. The Labute approximate surface area is 109 Å². The minimum Gasteiger partial charge on any atom is -0.354 e. The Bertz CT molecular complexity index is 354. The Balaban J connectivity index is 2.33. The molecule has 1 atom stereocenters. The molecule has 1 unspecified atom stereocenters. The third-order valence-corrected chi connectivity index (χ3v) is 2.71. The van der Waals surface area contributed by atoms with Crippen molar-refractivity contribution in [2.24, 2.45) is 17.1 Å². The Hall–Kier alpha value is -1.36. The average Bonchev–Trinajstić information content (AvgIpc) is 2.77. The number of nitrogens with two attached hydrogens (primary N) is 1. The van der Waals surface area contributed by atoms with Crippen molar-refractivity contribution in [2.45, 2.75) is 33.7 Å². The standard InChI is InChI=1S/C13H24N4O/c1-13(2,3)9-11(10-14)12(18)15-6-8-17-7-4-5-16-17/h4-5,7,11H,6,8-10,14H2,1-3H3,(H,15,18). The Morgan fingerprint density at radius 3 is 2.72 bits per heavy atom. The van der Waals surface area contributed by atoms with Gasteiger partial charge in [0.05, 0.1) is 12.5 Å². The van der Waals surface area contributed by atoms with E-state index in [1.54, 1.807) is 10.9 Å². The van der Waals surface area contributed by atoms with E-state index < -0.39 is 0 Å². The first-order valence-electron chi connectivity index (χ1n) is 6.37. The van der Waals surface area contributed by atoms with Gasteiger partial charge < -0.3 is 11.1 Å². The molecule has 0 saturated heterocycles. The summed E-state index contributed by atoms with van der Waals surface area (Å²) in [5.41, 5.74) is 5.78. The first-order chi connectivity index (χ1) is 8.42. The van der Waals surface area contributed by atoms with E-state index in [4.69, 9.17) is 5.73 Å². The predicted octanol–water partition coefficient (Wildman–Crippen LogP) is 1.01. The summed E-state index contributed by atoms with van der Waals surface area (Å²) < 4.78 is 1.79. The third kappa shape index (κ3) is 5.31. The van der Waals surface area contributed by atoms with Gasteiger partial charge in [-0.2, -0.15) is 5.10 Å². The molecule has 1 aromatic rings. The van der Waals surface area contributed by atoms with E-state index >= 15 is 0 Å². The summed E-state index contributed by atoms with van der Waals surface area (Å²) in [7, 11) is 0. The number of carbonyl (C=O) groups is 1. The molecule has 0 aliphatic heterocycles. The van der Waals surface area contributed by atoms with Gasteiger partial charge in [-0.3, -0.25) is 9.48 Å². The maximum absolute atomic E-state index is 12.0. The van der Waals surface area contributed by atoms with Gasteiger partial charge in [0.25, 0.3) is 0 Å². The van der Waals surface area contributed by atoms with E-state index in [-0.39, 0.29) is 17.2 Å². The maximum atomic E-state index is 12.0. The molecular weight excluding hydrogens is 228 g/mol. The lowest BCUT2D eigenvalue weighted by Gasteiger charge is -2.24. The van der Waals surface area contributed by atoms with Crippen molar-refractivity contribution in [2.75, 3.05) is 13.1 Å². The quantitative estimate of drug-likeness (QED) is 0.793. The molecule has 3 N–H and O–H groups in total. The monoisotopic (exact) mass is 252 g/mol. The number of carbonyl (C=O) groups excluding carboxylic acids is 1. The molecule has 0 aliphatic rings. The SMILES string of the molecule is CC(C)(C)CC(CN)C(=O)NCCn1cccn1. The lowest BCUT2D eigenvalue weighted by atomic mass is 9.84. The lowest BCUT2D eigenvalue weighted by Crippen LogP contribution is -2.38. The molecule has 0 bridgehead atoms. The lowest BCUT2D eigenvalue weighted by molar-refractivity contribution is -0.125. The first kappa shape index (κ1) is 14.7. The topological polar surface area (TPSA) is 72.9 Å². The van der Waals surface area contributed by atoms with Gasteiger partial charge in [0.1, 0.15) is 0 Å². The number of amides is 1. The summed E-state index contributed by atoms with van der Waals surface area (Å²) in [6.45, 7) is 8.02. The highest BCUT2D eigenvalue weighted by Gasteiger charge is 2.23. The molecule has 102 valence electrons. The smallest absolute Gasteiger partial charge is 0.224 e.